The van der Waals surface area contributed by atoms with Crippen LogP contribution in [0.4, 0.5) is 11.4 Å². The van der Waals surface area contributed by atoms with E-state index in [1.807, 2.05) is 26.0 Å². The van der Waals surface area contributed by atoms with Gasteiger partial charge in [-0.15, -0.1) is 0 Å². The molecule has 0 spiro atoms. The Labute approximate surface area is 164 Å². The fraction of sp³-hybridized carbons (Fsp3) is 0.474. The van der Waals surface area contributed by atoms with Crippen LogP contribution in [0.2, 0.25) is 0 Å². The van der Waals surface area contributed by atoms with E-state index < -0.39 is 5.97 Å². The molecule has 0 unspecified atom stereocenters. The molecule has 0 aromatic heterocycles. The van der Waals surface area contributed by atoms with Gasteiger partial charge in [-0.1, -0.05) is 13.0 Å². The molecule has 1 fully saturated rings. The first-order chi connectivity index (χ1) is 12.9. The summed E-state index contributed by atoms with van der Waals surface area (Å²) in [6.07, 6.45) is 2.62. The molecule has 0 atom stereocenters. The first-order valence-corrected chi connectivity index (χ1v) is 9.47. The van der Waals surface area contributed by atoms with Crippen LogP contribution < -0.4 is 16.0 Å². The highest BCUT2D eigenvalue weighted by molar-refractivity contribution is 7.80. The molecule has 2 rings (SSSR count). The van der Waals surface area contributed by atoms with Gasteiger partial charge in [-0.25, -0.2) is 0 Å². The highest BCUT2D eigenvalue weighted by Gasteiger charge is 2.29. The van der Waals surface area contributed by atoms with Crippen LogP contribution in [0, 0.1) is 12.8 Å². The number of rotatable bonds is 8. The summed E-state index contributed by atoms with van der Waals surface area (Å²) >= 11 is 5.13. The van der Waals surface area contributed by atoms with Crippen LogP contribution in [0.15, 0.2) is 18.2 Å². The van der Waals surface area contributed by atoms with Gasteiger partial charge in [-0.2, -0.15) is 0 Å². The van der Waals surface area contributed by atoms with Crippen molar-refractivity contribution in [2.75, 3.05) is 17.2 Å². The van der Waals surface area contributed by atoms with Crippen LogP contribution in [-0.2, 0) is 19.1 Å². The van der Waals surface area contributed by atoms with Crippen LogP contribution >= 0.6 is 12.2 Å². The lowest BCUT2D eigenvalue weighted by atomic mass is 10.1. The van der Waals surface area contributed by atoms with E-state index in [1.165, 1.54) is 0 Å². The third-order valence-electron chi connectivity index (χ3n) is 3.98. The molecule has 0 aliphatic heterocycles. The van der Waals surface area contributed by atoms with E-state index in [4.69, 9.17) is 17.0 Å². The Morgan fingerprint density at radius 2 is 1.93 bits per heavy atom. The molecule has 0 saturated heterocycles. The zero-order chi connectivity index (χ0) is 19.8. The SMILES string of the molecule is CCCOC(=O)CCC(=O)NC(=S)Nc1ccc(C)c(NC(=O)C2CC2)c1. The Hall–Kier alpha value is -2.48. The second-order valence-corrected chi connectivity index (χ2v) is 6.92. The summed E-state index contributed by atoms with van der Waals surface area (Å²) in [5.74, 6) is -0.623. The number of benzene rings is 1. The van der Waals surface area contributed by atoms with Crippen molar-refractivity contribution < 1.29 is 19.1 Å². The molecule has 2 amide bonds. The number of ether oxygens (including phenoxy) is 1. The molecule has 1 saturated carbocycles. The smallest absolute Gasteiger partial charge is 0.306 e. The minimum atomic E-state index is -0.402. The van der Waals surface area contributed by atoms with Crippen molar-refractivity contribution in [3.63, 3.8) is 0 Å². The van der Waals surface area contributed by atoms with Gasteiger partial charge in [0.15, 0.2) is 5.11 Å². The monoisotopic (exact) mass is 391 g/mol. The van der Waals surface area contributed by atoms with Crippen LogP contribution in [0.25, 0.3) is 0 Å². The second-order valence-electron chi connectivity index (χ2n) is 6.52. The summed E-state index contributed by atoms with van der Waals surface area (Å²) in [4.78, 5) is 35.2. The molecule has 1 aromatic carbocycles. The molecule has 8 heteroatoms. The average molecular weight is 391 g/mol. The normalized spacial score (nSPS) is 12.8. The fourth-order valence-electron chi connectivity index (χ4n) is 2.27. The number of nitrogens with one attached hydrogen (secondary N) is 3. The van der Waals surface area contributed by atoms with Gasteiger partial charge in [0.1, 0.15) is 0 Å². The molecular weight excluding hydrogens is 366 g/mol. The molecule has 0 radical (unpaired) electrons. The number of anilines is 2. The molecule has 1 aromatic rings. The van der Waals surface area contributed by atoms with Crippen molar-refractivity contribution in [2.45, 2.75) is 46.0 Å². The van der Waals surface area contributed by atoms with E-state index >= 15 is 0 Å². The maximum absolute atomic E-state index is 11.9. The predicted octanol–water partition coefficient (Wildman–Crippen LogP) is 2.89. The van der Waals surface area contributed by atoms with E-state index in [-0.39, 0.29) is 35.7 Å². The average Bonchev–Trinajstić information content (AvgIpc) is 3.46. The molecule has 1 aliphatic carbocycles. The van der Waals surface area contributed by atoms with Crippen molar-refractivity contribution in [2.24, 2.45) is 5.92 Å². The number of carbonyl (C=O) groups excluding carboxylic acids is 3. The maximum atomic E-state index is 11.9. The van der Waals surface area contributed by atoms with Gasteiger partial charge in [0.2, 0.25) is 11.8 Å². The van der Waals surface area contributed by atoms with E-state index in [0.717, 1.165) is 24.8 Å². The summed E-state index contributed by atoms with van der Waals surface area (Å²) in [5, 5.41) is 8.49. The second kappa shape index (κ2) is 10.0. The van der Waals surface area contributed by atoms with E-state index in [0.29, 0.717) is 18.0 Å². The van der Waals surface area contributed by atoms with E-state index in [9.17, 15) is 14.4 Å². The van der Waals surface area contributed by atoms with Crippen LogP contribution in [0.3, 0.4) is 0 Å². The Bertz CT molecular complexity index is 732. The van der Waals surface area contributed by atoms with Gasteiger partial charge in [0, 0.05) is 23.7 Å². The van der Waals surface area contributed by atoms with Gasteiger partial charge >= 0.3 is 5.97 Å². The Morgan fingerprint density at radius 1 is 1.19 bits per heavy atom. The van der Waals surface area contributed by atoms with Gasteiger partial charge in [0.05, 0.1) is 13.0 Å². The summed E-state index contributed by atoms with van der Waals surface area (Å²) in [5.41, 5.74) is 2.30. The van der Waals surface area contributed by atoms with Crippen molar-refractivity contribution in [3.8, 4) is 0 Å². The lowest BCUT2D eigenvalue weighted by molar-refractivity contribution is -0.144. The number of hydrogen-bond donors (Lipinski definition) is 3. The third kappa shape index (κ3) is 7.34. The fourth-order valence-corrected chi connectivity index (χ4v) is 2.50. The first kappa shape index (κ1) is 20.8. The summed E-state index contributed by atoms with van der Waals surface area (Å²) in [6.45, 7) is 4.16. The zero-order valence-corrected chi connectivity index (χ0v) is 16.4. The highest BCUT2D eigenvalue weighted by atomic mass is 32.1. The van der Waals surface area contributed by atoms with Gasteiger partial charge in [-0.05, 0) is 56.1 Å². The predicted molar refractivity (Wildman–Crippen MR) is 107 cm³/mol. The topological polar surface area (TPSA) is 96.5 Å². The number of amides is 2. The summed E-state index contributed by atoms with van der Waals surface area (Å²) in [6, 6.07) is 5.44. The van der Waals surface area contributed by atoms with E-state index in [1.54, 1.807) is 6.07 Å². The molecular formula is C19H25N3O4S. The standard InChI is InChI=1S/C19H25N3O4S/c1-3-10-26-17(24)9-8-16(23)22-19(27)20-14-7-4-12(2)15(11-14)21-18(25)13-5-6-13/h4,7,11,13H,3,5-6,8-10H2,1-2H3,(H,21,25)(H2,20,22,23,27). The lowest BCUT2D eigenvalue weighted by Gasteiger charge is -2.13. The number of carbonyl (C=O) groups is 3. The van der Waals surface area contributed by atoms with Crippen molar-refractivity contribution in [3.05, 3.63) is 23.8 Å². The highest BCUT2D eigenvalue weighted by Crippen LogP contribution is 2.31. The molecule has 0 heterocycles. The first-order valence-electron chi connectivity index (χ1n) is 9.07. The Balaban J connectivity index is 1.81. The summed E-state index contributed by atoms with van der Waals surface area (Å²) in [7, 11) is 0. The largest absolute Gasteiger partial charge is 0.466 e. The Morgan fingerprint density at radius 3 is 2.59 bits per heavy atom. The number of esters is 1. The summed E-state index contributed by atoms with van der Waals surface area (Å²) < 4.78 is 4.92. The van der Waals surface area contributed by atoms with Crippen molar-refractivity contribution in [1.82, 2.24) is 5.32 Å². The number of thiocarbonyl (C=S) groups is 1. The number of aryl methyl sites for hydroxylation is 1. The zero-order valence-electron chi connectivity index (χ0n) is 15.6. The van der Waals surface area contributed by atoms with Crippen LogP contribution in [0.5, 0.6) is 0 Å². The maximum Gasteiger partial charge on any atom is 0.306 e. The van der Waals surface area contributed by atoms with Gasteiger partial charge in [0.25, 0.3) is 0 Å². The lowest BCUT2D eigenvalue weighted by Crippen LogP contribution is -2.34. The van der Waals surface area contributed by atoms with Crippen LogP contribution in [-0.4, -0.2) is 29.5 Å². The molecule has 27 heavy (non-hydrogen) atoms. The minimum absolute atomic E-state index is 0.000954. The van der Waals surface area contributed by atoms with Gasteiger partial charge in [-0.3, -0.25) is 14.4 Å². The Kier molecular flexibility index (Phi) is 7.72. The van der Waals surface area contributed by atoms with Gasteiger partial charge < -0.3 is 20.7 Å². The van der Waals surface area contributed by atoms with Crippen LogP contribution in [0.1, 0.15) is 44.6 Å². The minimum Gasteiger partial charge on any atom is -0.466 e. The molecule has 1 aliphatic rings. The molecule has 3 N–H and O–H groups in total. The molecule has 7 nitrogen and oxygen atoms in total. The third-order valence-corrected chi connectivity index (χ3v) is 4.18. The number of hydrogen-bond acceptors (Lipinski definition) is 5. The van der Waals surface area contributed by atoms with Crippen molar-refractivity contribution in [1.29, 1.82) is 0 Å². The quantitative estimate of drug-likeness (QED) is 0.466. The van der Waals surface area contributed by atoms with E-state index in [2.05, 4.69) is 16.0 Å². The van der Waals surface area contributed by atoms with Crippen molar-refractivity contribution >= 4 is 46.5 Å². The molecule has 0 bridgehead atoms. The molecule has 146 valence electrons.